The van der Waals surface area contributed by atoms with Gasteiger partial charge < -0.3 is 5.11 Å². The minimum atomic E-state index is -0.525. The summed E-state index contributed by atoms with van der Waals surface area (Å²) in [5.74, 6) is 1.12. The molecule has 0 spiro atoms. The molecule has 0 saturated carbocycles. The van der Waals surface area contributed by atoms with E-state index < -0.39 is 5.60 Å². The third-order valence-electron chi connectivity index (χ3n) is 3.38. The average Bonchev–Trinajstić information content (AvgIpc) is 2.16. The Morgan fingerprint density at radius 1 is 1.12 bits per heavy atom. The van der Waals surface area contributed by atoms with Crippen LogP contribution in [0.2, 0.25) is 0 Å². The molecular weight excluding hydrogens is 196 g/mol. The van der Waals surface area contributed by atoms with Gasteiger partial charge in [0.15, 0.2) is 0 Å². The van der Waals surface area contributed by atoms with E-state index in [-0.39, 0.29) is 0 Å². The lowest BCUT2D eigenvalue weighted by Crippen LogP contribution is -2.35. The minimum Gasteiger partial charge on any atom is -0.385 e. The largest absolute Gasteiger partial charge is 0.385 e. The standard InChI is InChI=1S/C15H28O/c1-12(2)10-15(16,11-13(3)4)14-8-6-5-7-9-14/h8,12-13,16H,5-7,9-11H2,1-4H3. The average molecular weight is 224 g/mol. The van der Waals surface area contributed by atoms with Gasteiger partial charge in [0.25, 0.3) is 0 Å². The lowest BCUT2D eigenvalue weighted by atomic mass is 9.76. The van der Waals surface area contributed by atoms with E-state index in [1.54, 1.807) is 0 Å². The fourth-order valence-corrected chi connectivity index (χ4v) is 2.96. The summed E-state index contributed by atoms with van der Waals surface area (Å²) in [6, 6.07) is 0. The number of hydrogen-bond acceptors (Lipinski definition) is 1. The fourth-order valence-electron chi connectivity index (χ4n) is 2.96. The number of hydrogen-bond donors (Lipinski definition) is 1. The second-order valence-electron chi connectivity index (χ2n) is 6.20. The summed E-state index contributed by atoms with van der Waals surface area (Å²) in [5.41, 5.74) is 0.795. The third kappa shape index (κ3) is 3.93. The first-order chi connectivity index (χ1) is 7.44. The molecule has 0 fully saturated rings. The highest BCUT2D eigenvalue weighted by molar-refractivity contribution is 5.19. The molecule has 0 aromatic heterocycles. The molecule has 1 N–H and O–H groups in total. The molecule has 0 bridgehead atoms. The molecule has 0 atom stereocenters. The summed E-state index contributed by atoms with van der Waals surface area (Å²) in [5, 5.41) is 10.9. The number of aliphatic hydroxyl groups is 1. The molecule has 1 aliphatic rings. The summed E-state index contributed by atoms with van der Waals surface area (Å²) in [6.45, 7) is 8.81. The molecule has 0 amide bonds. The molecule has 1 nitrogen and oxygen atoms in total. The van der Waals surface area contributed by atoms with Crippen LogP contribution in [-0.4, -0.2) is 10.7 Å². The lowest BCUT2D eigenvalue weighted by molar-refractivity contribution is 0.0309. The molecule has 94 valence electrons. The topological polar surface area (TPSA) is 20.2 Å². The molecular formula is C15H28O. The van der Waals surface area contributed by atoms with Crippen molar-refractivity contribution in [3.8, 4) is 0 Å². The molecule has 1 heteroatoms. The predicted octanol–water partition coefficient (Wildman–Crippen LogP) is 4.31. The van der Waals surface area contributed by atoms with Crippen molar-refractivity contribution in [3.05, 3.63) is 11.6 Å². The first kappa shape index (κ1) is 13.8. The van der Waals surface area contributed by atoms with E-state index in [1.807, 2.05) is 0 Å². The van der Waals surface area contributed by atoms with E-state index in [4.69, 9.17) is 0 Å². The summed E-state index contributed by atoms with van der Waals surface area (Å²) >= 11 is 0. The van der Waals surface area contributed by atoms with Crippen LogP contribution in [0.4, 0.5) is 0 Å². The van der Waals surface area contributed by atoms with Gasteiger partial charge in [-0.25, -0.2) is 0 Å². The maximum absolute atomic E-state index is 10.9. The Kier molecular flexibility index (Phi) is 5.04. The van der Waals surface area contributed by atoms with Gasteiger partial charge in [0.1, 0.15) is 0 Å². The fraction of sp³-hybridized carbons (Fsp3) is 0.867. The predicted molar refractivity (Wildman–Crippen MR) is 70.4 cm³/mol. The van der Waals surface area contributed by atoms with Gasteiger partial charge in [-0.15, -0.1) is 0 Å². The Morgan fingerprint density at radius 3 is 2.06 bits per heavy atom. The van der Waals surface area contributed by atoms with Crippen LogP contribution in [0.3, 0.4) is 0 Å². The molecule has 16 heavy (non-hydrogen) atoms. The second-order valence-corrected chi connectivity index (χ2v) is 6.20. The molecule has 0 unspecified atom stereocenters. The van der Waals surface area contributed by atoms with Crippen molar-refractivity contribution < 1.29 is 5.11 Å². The van der Waals surface area contributed by atoms with Gasteiger partial charge in [0, 0.05) is 0 Å². The minimum absolute atomic E-state index is 0.525. The van der Waals surface area contributed by atoms with Crippen molar-refractivity contribution in [1.82, 2.24) is 0 Å². The van der Waals surface area contributed by atoms with E-state index >= 15 is 0 Å². The van der Waals surface area contributed by atoms with E-state index in [0.29, 0.717) is 11.8 Å². The normalized spacial score (nSPS) is 18.1. The highest BCUT2D eigenvalue weighted by Crippen LogP contribution is 2.36. The number of allylic oxidation sites excluding steroid dienone is 1. The van der Waals surface area contributed by atoms with Crippen molar-refractivity contribution in [2.24, 2.45) is 11.8 Å². The lowest BCUT2D eigenvalue weighted by Gasteiger charge is -2.36. The molecule has 1 aliphatic carbocycles. The monoisotopic (exact) mass is 224 g/mol. The molecule has 0 aromatic carbocycles. The second kappa shape index (κ2) is 5.86. The Balaban J connectivity index is 2.79. The summed E-state index contributed by atoms with van der Waals surface area (Å²) in [4.78, 5) is 0. The SMILES string of the molecule is CC(C)CC(O)(CC(C)C)C1=CCCCC1. The van der Waals surface area contributed by atoms with Gasteiger partial charge in [-0.1, -0.05) is 33.8 Å². The van der Waals surface area contributed by atoms with Crippen molar-refractivity contribution >= 4 is 0 Å². The van der Waals surface area contributed by atoms with Crippen LogP contribution in [0.5, 0.6) is 0 Å². The van der Waals surface area contributed by atoms with E-state index in [9.17, 15) is 5.11 Å². The smallest absolute Gasteiger partial charge is 0.0861 e. The zero-order chi connectivity index (χ0) is 12.2. The van der Waals surface area contributed by atoms with Gasteiger partial charge in [0.2, 0.25) is 0 Å². The molecule has 0 aliphatic heterocycles. The summed E-state index contributed by atoms with van der Waals surface area (Å²) in [6.07, 6.45) is 8.94. The van der Waals surface area contributed by atoms with Gasteiger partial charge in [0.05, 0.1) is 5.60 Å². The number of rotatable bonds is 5. The quantitative estimate of drug-likeness (QED) is 0.690. The van der Waals surface area contributed by atoms with Crippen LogP contribution >= 0.6 is 0 Å². The van der Waals surface area contributed by atoms with Gasteiger partial charge in [-0.3, -0.25) is 0 Å². The van der Waals surface area contributed by atoms with Crippen molar-refractivity contribution in [1.29, 1.82) is 0 Å². The van der Waals surface area contributed by atoms with E-state index in [2.05, 4.69) is 33.8 Å². The van der Waals surface area contributed by atoms with Crippen molar-refractivity contribution in [3.63, 3.8) is 0 Å². The molecule has 0 aromatic rings. The molecule has 1 rings (SSSR count). The summed E-state index contributed by atoms with van der Waals surface area (Å²) < 4.78 is 0. The first-order valence-electron chi connectivity index (χ1n) is 6.86. The van der Waals surface area contributed by atoms with Crippen LogP contribution < -0.4 is 0 Å². The van der Waals surface area contributed by atoms with Gasteiger partial charge >= 0.3 is 0 Å². The maximum Gasteiger partial charge on any atom is 0.0861 e. The zero-order valence-corrected chi connectivity index (χ0v) is 11.4. The van der Waals surface area contributed by atoms with Crippen molar-refractivity contribution in [2.45, 2.75) is 71.8 Å². The maximum atomic E-state index is 10.9. The van der Waals surface area contributed by atoms with Crippen LogP contribution in [0.1, 0.15) is 66.2 Å². The van der Waals surface area contributed by atoms with Crippen LogP contribution in [-0.2, 0) is 0 Å². The third-order valence-corrected chi connectivity index (χ3v) is 3.38. The molecule has 0 heterocycles. The van der Waals surface area contributed by atoms with Crippen LogP contribution in [0.25, 0.3) is 0 Å². The van der Waals surface area contributed by atoms with Gasteiger partial charge in [-0.2, -0.15) is 0 Å². The van der Waals surface area contributed by atoms with E-state index in [1.165, 1.54) is 18.4 Å². The Hall–Kier alpha value is -0.300. The summed E-state index contributed by atoms with van der Waals surface area (Å²) in [7, 11) is 0. The Labute approximate surface area is 101 Å². The highest BCUT2D eigenvalue weighted by Gasteiger charge is 2.33. The van der Waals surface area contributed by atoms with E-state index in [0.717, 1.165) is 25.7 Å². The zero-order valence-electron chi connectivity index (χ0n) is 11.4. The molecule has 0 saturated heterocycles. The Morgan fingerprint density at radius 2 is 1.69 bits per heavy atom. The Bertz CT molecular complexity index is 228. The van der Waals surface area contributed by atoms with Gasteiger partial charge in [-0.05, 0) is 55.9 Å². The highest BCUT2D eigenvalue weighted by atomic mass is 16.3. The molecule has 0 radical (unpaired) electrons. The first-order valence-corrected chi connectivity index (χ1v) is 6.86. The van der Waals surface area contributed by atoms with Crippen molar-refractivity contribution in [2.75, 3.05) is 0 Å². The van der Waals surface area contributed by atoms with Crippen LogP contribution in [0, 0.1) is 11.8 Å². The van der Waals surface area contributed by atoms with Crippen LogP contribution in [0.15, 0.2) is 11.6 Å².